The largest absolute Gasteiger partial charge is 0.382 e. The summed E-state index contributed by atoms with van der Waals surface area (Å²) in [4.78, 5) is 21.0. The number of hydrogen-bond donors (Lipinski definition) is 3. The predicted octanol–water partition coefficient (Wildman–Crippen LogP) is 2.96. The zero-order valence-electron chi connectivity index (χ0n) is 16.1. The molecule has 0 atom stereocenters. The molecule has 2 aromatic rings. The molecule has 0 unspecified atom stereocenters. The fraction of sp³-hybridized carbons (Fsp3) is 0.632. The Kier molecular flexibility index (Phi) is 5.64. The van der Waals surface area contributed by atoms with Gasteiger partial charge in [0.05, 0.1) is 5.52 Å². The van der Waals surface area contributed by atoms with Crippen LogP contribution in [-0.2, 0) is 6.54 Å². The second kappa shape index (κ2) is 7.93. The molecule has 3 rings (SSSR count). The number of amides is 2. The second-order valence-corrected chi connectivity index (χ2v) is 7.30. The smallest absolute Gasteiger partial charge is 0.315 e. The van der Waals surface area contributed by atoms with Crippen molar-refractivity contribution in [2.24, 2.45) is 0 Å². The number of hydrogen-bond acceptors (Lipinski definition) is 4. The van der Waals surface area contributed by atoms with Crippen LogP contribution in [0.5, 0.6) is 0 Å². The minimum absolute atomic E-state index is 0.0513. The number of nitrogen functional groups attached to an aromatic ring is 1. The summed E-state index contributed by atoms with van der Waals surface area (Å²) in [6, 6.07) is 0.286. The molecule has 142 valence electrons. The first-order valence-electron chi connectivity index (χ1n) is 9.61. The minimum atomic E-state index is -0.0513. The SMILES string of the molecule is Cc1nc(N)c2nc(C)n(CCCNC(=O)NC3CCCCC3)c2c1C. The number of carbonyl (C=O) groups excluding carboxylic acids is 1. The Hall–Kier alpha value is -2.31. The third-order valence-corrected chi connectivity index (χ3v) is 5.37. The zero-order chi connectivity index (χ0) is 18.7. The van der Waals surface area contributed by atoms with E-state index in [1.54, 1.807) is 0 Å². The first-order valence-corrected chi connectivity index (χ1v) is 9.61. The number of rotatable bonds is 5. The normalized spacial score (nSPS) is 15.3. The highest BCUT2D eigenvalue weighted by Gasteiger charge is 2.16. The molecule has 0 aromatic carbocycles. The van der Waals surface area contributed by atoms with Crippen molar-refractivity contribution in [1.29, 1.82) is 0 Å². The fourth-order valence-electron chi connectivity index (χ4n) is 3.81. The van der Waals surface area contributed by atoms with Crippen molar-refractivity contribution < 1.29 is 4.79 Å². The number of nitrogens with one attached hydrogen (secondary N) is 2. The van der Waals surface area contributed by atoms with Crippen molar-refractivity contribution in [3.8, 4) is 0 Å². The molecular formula is C19H30N6O. The van der Waals surface area contributed by atoms with Crippen LogP contribution >= 0.6 is 0 Å². The van der Waals surface area contributed by atoms with Crippen LogP contribution in [0.15, 0.2) is 0 Å². The molecule has 2 amide bonds. The molecule has 7 heteroatoms. The third-order valence-electron chi connectivity index (χ3n) is 5.37. The van der Waals surface area contributed by atoms with Gasteiger partial charge in [-0.15, -0.1) is 0 Å². The molecule has 2 heterocycles. The van der Waals surface area contributed by atoms with Gasteiger partial charge in [0, 0.05) is 24.8 Å². The highest BCUT2D eigenvalue weighted by molar-refractivity contribution is 5.88. The highest BCUT2D eigenvalue weighted by atomic mass is 16.2. The Balaban J connectivity index is 1.56. The summed E-state index contributed by atoms with van der Waals surface area (Å²) in [7, 11) is 0. The van der Waals surface area contributed by atoms with Gasteiger partial charge in [-0.2, -0.15) is 0 Å². The van der Waals surface area contributed by atoms with Crippen LogP contribution in [0.3, 0.4) is 0 Å². The highest BCUT2D eigenvalue weighted by Crippen LogP contribution is 2.25. The summed E-state index contributed by atoms with van der Waals surface area (Å²) in [5, 5.41) is 6.06. The number of imidazole rings is 1. The van der Waals surface area contributed by atoms with Crippen LogP contribution in [0.25, 0.3) is 11.0 Å². The van der Waals surface area contributed by atoms with Crippen LogP contribution in [-0.4, -0.2) is 33.2 Å². The Morgan fingerprint density at radius 1 is 1.19 bits per heavy atom. The van der Waals surface area contributed by atoms with Crippen molar-refractivity contribution in [1.82, 2.24) is 25.2 Å². The quantitative estimate of drug-likeness (QED) is 0.716. The second-order valence-electron chi connectivity index (χ2n) is 7.30. The Morgan fingerprint density at radius 3 is 2.65 bits per heavy atom. The van der Waals surface area contributed by atoms with Gasteiger partial charge in [0.25, 0.3) is 0 Å². The molecule has 1 saturated carbocycles. The van der Waals surface area contributed by atoms with E-state index in [9.17, 15) is 4.79 Å². The molecule has 7 nitrogen and oxygen atoms in total. The van der Waals surface area contributed by atoms with Gasteiger partial charge in [0.2, 0.25) is 0 Å². The monoisotopic (exact) mass is 358 g/mol. The lowest BCUT2D eigenvalue weighted by Crippen LogP contribution is -2.43. The summed E-state index contributed by atoms with van der Waals surface area (Å²) in [5.74, 6) is 1.41. The van der Waals surface area contributed by atoms with Gasteiger partial charge < -0.3 is 20.9 Å². The van der Waals surface area contributed by atoms with E-state index in [-0.39, 0.29) is 6.03 Å². The molecule has 4 N–H and O–H groups in total. The van der Waals surface area contributed by atoms with Gasteiger partial charge in [0.1, 0.15) is 11.3 Å². The molecule has 1 aliphatic rings. The van der Waals surface area contributed by atoms with Gasteiger partial charge in [-0.25, -0.2) is 14.8 Å². The number of aromatic nitrogens is 3. The molecule has 26 heavy (non-hydrogen) atoms. The van der Waals surface area contributed by atoms with E-state index < -0.39 is 0 Å². The average molecular weight is 358 g/mol. The number of nitrogens with two attached hydrogens (primary N) is 1. The Bertz CT molecular complexity index is 791. The topological polar surface area (TPSA) is 97.9 Å². The van der Waals surface area contributed by atoms with Crippen LogP contribution < -0.4 is 16.4 Å². The summed E-state index contributed by atoms with van der Waals surface area (Å²) < 4.78 is 2.18. The Labute approximate surface area is 154 Å². The van der Waals surface area contributed by atoms with Gasteiger partial charge >= 0.3 is 6.03 Å². The molecule has 0 bridgehead atoms. The average Bonchev–Trinajstić information content (AvgIpc) is 2.95. The molecule has 0 radical (unpaired) electrons. The molecule has 1 fully saturated rings. The lowest BCUT2D eigenvalue weighted by molar-refractivity contribution is 0.232. The lowest BCUT2D eigenvalue weighted by Gasteiger charge is -2.22. The maximum Gasteiger partial charge on any atom is 0.315 e. The van der Waals surface area contributed by atoms with Crippen molar-refractivity contribution >= 4 is 22.9 Å². The van der Waals surface area contributed by atoms with E-state index >= 15 is 0 Å². The maximum absolute atomic E-state index is 12.0. The minimum Gasteiger partial charge on any atom is -0.382 e. The van der Waals surface area contributed by atoms with Gasteiger partial charge in [0.15, 0.2) is 5.82 Å². The number of urea groups is 1. The van der Waals surface area contributed by atoms with E-state index in [1.165, 1.54) is 19.3 Å². The van der Waals surface area contributed by atoms with E-state index in [2.05, 4.69) is 32.1 Å². The summed E-state index contributed by atoms with van der Waals surface area (Å²) >= 11 is 0. The van der Waals surface area contributed by atoms with E-state index in [4.69, 9.17) is 5.73 Å². The van der Waals surface area contributed by atoms with E-state index in [0.717, 1.165) is 53.9 Å². The number of aryl methyl sites for hydroxylation is 4. The summed E-state index contributed by atoms with van der Waals surface area (Å²) in [5.41, 5.74) is 9.91. The molecule has 2 aromatic heterocycles. The molecule has 1 aliphatic carbocycles. The predicted molar refractivity (Wildman–Crippen MR) is 104 cm³/mol. The molecular weight excluding hydrogens is 328 g/mol. The van der Waals surface area contributed by atoms with Gasteiger partial charge in [-0.3, -0.25) is 0 Å². The zero-order valence-corrected chi connectivity index (χ0v) is 16.1. The van der Waals surface area contributed by atoms with Gasteiger partial charge in [-0.05, 0) is 45.6 Å². The maximum atomic E-state index is 12.0. The molecule has 0 saturated heterocycles. The first kappa shape index (κ1) is 18.5. The molecule has 0 spiro atoms. The van der Waals surface area contributed by atoms with Crippen molar-refractivity contribution in [3.05, 3.63) is 17.1 Å². The number of nitrogens with zero attached hydrogens (tertiary/aromatic N) is 3. The van der Waals surface area contributed by atoms with Crippen molar-refractivity contribution in [2.45, 2.75) is 71.9 Å². The summed E-state index contributed by atoms with van der Waals surface area (Å²) in [6.07, 6.45) is 6.76. The molecule has 0 aliphatic heterocycles. The van der Waals surface area contributed by atoms with Crippen LogP contribution in [0.1, 0.15) is 55.6 Å². The van der Waals surface area contributed by atoms with Crippen LogP contribution in [0, 0.1) is 20.8 Å². The van der Waals surface area contributed by atoms with Crippen molar-refractivity contribution in [2.75, 3.05) is 12.3 Å². The van der Waals surface area contributed by atoms with Gasteiger partial charge in [-0.1, -0.05) is 19.3 Å². The number of carbonyl (C=O) groups is 1. The van der Waals surface area contributed by atoms with Crippen LogP contribution in [0.2, 0.25) is 0 Å². The van der Waals surface area contributed by atoms with E-state index in [0.29, 0.717) is 18.4 Å². The van der Waals surface area contributed by atoms with Crippen LogP contribution in [0.4, 0.5) is 10.6 Å². The number of pyridine rings is 1. The number of fused-ring (bicyclic) bond motifs is 1. The third kappa shape index (κ3) is 3.92. The Morgan fingerprint density at radius 2 is 1.92 bits per heavy atom. The number of anilines is 1. The van der Waals surface area contributed by atoms with E-state index in [1.807, 2.05) is 13.8 Å². The first-order chi connectivity index (χ1) is 12.5. The van der Waals surface area contributed by atoms with Crippen molar-refractivity contribution in [3.63, 3.8) is 0 Å². The standard InChI is InChI=1S/C19H30N6O/c1-12-13(2)22-18(20)16-17(12)25(14(3)23-16)11-7-10-21-19(26)24-15-8-5-4-6-9-15/h15H,4-11H2,1-3H3,(H2,20,22)(H2,21,24,26). The lowest BCUT2D eigenvalue weighted by atomic mass is 9.96. The fourth-order valence-corrected chi connectivity index (χ4v) is 3.81. The summed E-state index contributed by atoms with van der Waals surface area (Å²) in [6.45, 7) is 7.43.